The molecule has 1 rings (SSSR count). The molecule has 0 atom stereocenters. The van der Waals surface area contributed by atoms with E-state index in [1.165, 1.54) is 12.1 Å². The second-order valence-corrected chi connectivity index (χ2v) is 3.45. The predicted molar refractivity (Wildman–Crippen MR) is 54.4 cm³/mol. The number of anilines is 1. The first-order chi connectivity index (χ1) is 7.28. The van der Waals surface area contributed by atoms with Crippen LogP contribution >= 0.6 is 11.6 Å². The van der Waals surface area contributed by atoms with Crippen molar-refractivity contribution in [2.75, 3.05) is 5.32 Å². The number of carbonyl (C=O) groups is 1. The molecule has 16 heavy (non-hydrogen) atoms. The van der Waals surface area contributed by atoms with Crippen LogP contribution in [0.25, 0.3) is 0 Å². The number of benzene rings is 1. The molecule has 3 nitrogen and oxygen atoms in total. The SMILES string of the molecule is Cc1ccc(NC(=O)NC(F)(F)F)cc1Cl. The minimum Gasteiger partial charge on any atom is -0.308 e. The van der Waals surface area contributed by atoms with Gasteiger partial charge in [-0.1, -0.05) is 17.7 Å². The van der Waals surface area contributed by atoms with Crippen molar-refractivity contribution in [3.63, 3.8) is 0 Å². The molecule has 2 N–H and O–H groups in total. The number of carbonyl (C=O) groups excluding carboxylic acids is 1. The zero-order valence-corrected chi connectivity index (χ0v) is 8.91. The Morgan fingerprint density at radius 3 is 2.50 bits per heavy atom. The quantitative estimate of drug-likeness (QED) is 0.740. The standard InChI is InChI=1S/C9H8ClF3N2O/c1-5-2-3-6(4-7(5)10)14-8(16)15-9(11,12)13/h2-4H,1H3,(H2,14,15,16). The van der Waals surface area contributed by atoms with Crippen molar-refractivity contribution < 1.29 is 18.0 Å². The van der Waals surface area contributed by atoms with Crippen LogP contribution in [0.4, 0.5) is 23.7 Å². The average molecular weight is 253 g/mol. The number of rotatable bonds is 1. The van der Waals surface area contributed by atoms with E-state index in [1.54, 1.807) is 13.0 Å². The zero-order valence-electron chi connectivity index (χ0n) is 8.15. The van der Waals surface area contributed by atoms with Crippen LogP contribution in [-0.2, 0) is 0 Å². The molecule has 0 saturated carbocycles. The first kappa shape index (κ1) is 12.6. The summed E-state index contributed by atoms with van der Waals surface area (Å²) in [5.41, 5.74) is 0.959. The Labute approximate surface area is 94.6 Å². The molecular weight excluding hydrogens is 245 g/mol. The van der Waals surface area contributed by atoms with E-state index in [2.05, 4.69) is 0 Å². The fourth-order valence-electron chi connectivity index (χ4n) is 0.962. The van der Waals surface area contributed by atoms with Gasteiger partial charge >= 0.3 is 12.3 Å². The van der Waals surface area contributed by atoms with Gasteiger partial charge in [-0.05, 0) is 24.6 Å². The summed E-state index contributed by atoms with van der Waals surface area (Å²) in [4.78, 5) is 10.8. The van der Waals surface area contributed by atoms with Gasteiger partial charge in [-0.25, -0.2) is 10.1 Å². The van der Waals surface area contributed by atoms with Crippen LogP contribution in [0.1, 0.15) is 5.56 Å². The predicted octanol–water partition coefficient (Wildman–Crippen LogP) is 3.29. The highest BCUT2D eigenvalue weighted by Crippen LogP contribution is 2.20. The molecule has 88 valence electrons. The number of hydrogen-bond acceptors (Lipinski definition) is 1. The lowest BCUT2D eigenvalue weighted by molar-refractivity contribution is -0.144. The van der Waals surface area contributed by atoms with E-state index >= 15 is 0 Å². The third-order valence-corrected chi connectivity index (χ3v) is 2.09. The lowest BCUT2D eigenvalue weighted by atomic mass is 10.2. The average Bonchev–Trinajstić information content (AvgIpc) is 2.08. The third-order valence-electron chi connectivity index (χ3n) is 1.68. The van der Waals surface area contributed by atoms with Gasteiger partial charge in [0, 0.05) is 10.7 Å². The van der Waals surface area contributed by atoms with Crippen LogP contribution in [0.15, 0.2) is 18.2 Å². The normalized spacial score (nSPS) is 11.1. The van der Waals surface area contributed by atoms with E-state index in [0.717, 1.165) is 10.9 Å². The Hall–Kier alpha value is -1.43. The van der Waals surface area contributed by atoms with Crippen LogP contribution in [0.2, 0.25) is 5.02 Å². The maximum Gasteiger partial charge on any atom is 0.485 e. The highest BCUT2D eigenvalue weighted by molar-refractivity contribution is 6.31. The number of hydrogen-bond donors (Lipinski definition) is 2. The summed E-state index contributed by atoms with van der Waals surface area (Å²) < 4.78 is 35.3. The second kappa shape index (κ2) is 4.61. The maximum absolute atomic E-state index is 11.8. The molecule has 2 amide bonds. The fraction of sp³-hybridized carbons (Fsp3) is 0.222. The van der Waals surface area contributed by atoms with Gasteiger partial charge in [0.1, 0.15) is 0 Å². The topological polar surface area (TPSA) is 41.1 Å². The lowest BCUT2D eigenvalue weighted by Gasteiger charge is -2.10. The smallest absolute Gasteiger partial charge is 0.308 e. The van der Waals surface area contributed by atoms with Gasteiger partial charge in [-0.15, -0.1) is 0 Å². The Balaban J connectivity index is 2.67. The van der Waals surface area contributed by atoms with Crippen LogP contribution < -0.4 is 10.6 Å². The molecule has 0 unspecified atom stereocenters. The van der Waals surface area contributed by atoms with Gasteiger partial charge < -0.3 is 5.32 Å². The van der Waals surface area contributed by atoms with Crippen molar-refractivity contribution >= 4 is 23.3 Å². The molecule has 0 aromatic heterocycles. The number of halogens is 4. The highest BCUT2D eigenvalue weighted by atomic mass is 35.5. The maximum atomic E-state index is 11.8. The fourth-order valence-corrected chi connectivity index (χ4v) is 1.14. The van der Waals surface area contributed by atoms with E-state index in [4.69, 9.17) is 11.6 Å². The molecule has 1 aromatic rings. The molecule has 0 heterocycles. The minimum atomic E-state index is -4.75. The van der Waals surface area contributed by atoms with Crippen LogP contribution in [0, 0.1) is 6.92 Å². The largest absolute Gasteiger partial charge is 0.485 e. The summed E-state index contributed by atoms with van der Waals surface area (Å²) in [7, 11) is 0. The van der Waals surface area contributed by atoms with Gasteiger partial charge in [0.15, 0.2) is 0 Å². The summed E-state index contributed by atoms with van der Waals surface area (Å²) in [6.45, 7) is 1.74. The summed E-state index contributed by atoms with van der Waals surface area (Å²) in [5.74, 6) is 0. The molecule has 0 saturated heterocycles. The Morgan fingerprint density at radius 2 is 2.00 bits per heavy atom. The minimum absolute atomic E-state index is 0.192. The molecule has 0 radical (unpaired) electrons. The molecule has 0 aliphatic carbocycles. The molecule has 1 aromatic carbocycles. The number of aryl methyl sites for hydroxylation is 1. The Kier molecular flexibility index (Phi) is 3.64. The van der Waals surface area contributed by atoms with Crippen LogP contribution in [0.5, 0.6) is 0 Å². The number of amides is 2. The molecule has 0 aliphatic heterocycles. The van der Waals surface area contributed by atoms with Crippen molar-refractivity contribution in [2.45, 2.75) is 13.2 Å². The van der Waals surface area contributed by atoms with E-state index in [1.807, 2.05) is 5.32 Å². The number of urea groups is 1. The summed E-state index contributed by atoms with van der Waals surface area (Å²) in [6, 6.07) is 3.06. The molecular formula is C9H8ClF3N2O. The molecule has 0 bridgehead atoms. The molecule has 0 aliphatic rings. The van der Waals surface area contributed by atoms with Gasteiger partial charge in [-0.2, -0.15) is 13.2 Å². The molecule has 0 spiro atoms. The van der Waals surface area contributed by atoms with Crippen molar-refractivity contribution in [3.8, 4) is 0 Å². The van der Waals surface area contributed by atoms with Crippen molar-refractivity contribution in [1.29, 1.82) is 0 Å². The monoisotopic (exact) mass is 252 g/mol. The van der Waals surface area contributed by atoms with Gasteiger partial charge in [0.05, 0.1) is 0 Å². The van der Waals surface area contributed by atoms with Crippen LogP contribution in [0.3, 0.4) is 0 Å². The first-order valence-electron chi connectivity index (χ1n) is 4.20. The third kappa shape index (κ3) is 3.98. The van der Waals surface area contributed by atoms with E-state index in [-0.39, 0.29) is 5.69 Å². The second-order valence-electron chi connectivity index (χ2n) is 3.04. The first-order valence-corrected chi connectivity index (χ1v) is 4.58. The van der Waals surface area contributed by atoms with Crippen molar-refractivity contribution in [1.82, 2.24) is 5.32 Å². The van der Waals surface area contributed by atoms with Gasteiger partial charge in [0.2, 0.25) is 0 Å². The highest BCUT2D eigenvalue weighted by Gasteiger charge is 2.29. The van der Waals surface area contributed by atoms with E-state index < -0.39 is 12.3 Å². The number of nitrogens with one attached hydrogen (secondary N) is 2. The molecule has 7 heteroatoms. The summed E-state index contributed by atoms with van der Waals surface area (Å²) >= 11 is 5.74. The summed E-state index contributed by atoms with van der Waals surface area (Å²) in [6.07, 6.45) is -4.75. The van der Waals surface area contributed by atoms with Gasteiger partial charge in [0.25, 0.3) is 0 Å². The number of alkyl halides is 3. The van der Waals surface area contributed by atoms with Gasteiger partial charge in [-0.3, -0.25) is 0 Å². The van der Waals surface area contributed by atoms with E-state index in [0.29, 0.717) is 5.02 Å². The van der Waals surface area contributed by atoms with Crippen LogP contribution in [-0.4, -0.2) is 12.3 Å². The summed E-state index contributed by atoms with van der Waals surface area (Å²) in [5, 5.41) is 3.19. The lowest BCUT2D eigenvalue weighted by Crippen LogP contribution is -2.40. The Bertz CT molecular complexity index is 406. The van der Waals surface area contributed by atoms with Crippen molar-refractivity contribution in [2.24, 2.45) is 0 Å². The molecule has 0 fully saturated rings. The van der Waals surface area contributed by atoms with Crippen molar-refractivity contribution in [3.05, 3.63) is 28.8 Å². The Morgan fingerprint density at radius 1 is 1.38 bits per heavy atom. The zero-order chi connectivity index (χ0) is 12.3. The van der Waals surface area contributed by atoms with E-state index in [9.17, 15) is 18.0 Å².